The number of aliphatic hydroxyl groups excluding tert-OH is 1. The van der Waals surface area contributed by atoms with Crippen molar-refractivity contribution in [1.29, 1.82) is 0 Å². The fourth-order valence-electron chi connectivity index (χ4n) is 1.80. The van der Waals surface area contributed by atoms with Crippen molar-refractivity contribution in [2.75, 3.05) is 6.61 Å². The Bertz CT molecular complexity index is 486. The molecule has 17 heavy (non-hydrogen) atoms. The van der Waals surface area contributed by atoms with Gasteiger partial charge in [0.1, 0.15) is 0 Å². The summed E-state index contributed by atoms with van der Waals surface area (Å²) in [6, 6.07) is 18.4. The molecule has 0 spiro atoms. The van der Waals surface area contributed by atoms with Crippen LogP contribution in [0.5, 0.6) is 0 Å². The van der Waals surface area contributed by atoms with Gasteiger partial charge in [-0.2, -0.15) is 0 Å². The van der Waals surface area contributed by atoms with Gasteiger partial charge in [0.15, 0.2) is 0 Å². The SMILES string of the molecule is OCCc1ccccc1C=Cc1ccccc1. The summed E-state index contributed by atoms with van der Waals surface area (Å²) < 4.78 is 0. The summed E-state index contributed by atoms with van der Waals surface area (Å²) in [5.74, 6) is 0. The van der Waals surface area contributed by atoms with E-state index >= 15 is 0 Å². The second-order valence-corrected chi connectivity index (χ2v) is 3.92. The predicted molar refractivity (Wildman–Crippen MR) is 72.6 cm³/mol. The molecule has 0 saturated heterocycles. The molecule has 2 aromatic carbocycles. The van der Waals surface area contributed by atoms with Gasteiger partial charge in [-0.15, -0.1) is 0 Å². The highest BCUT2D eigenvalue weighted by Gasteiger charge is 1.96. The van der Waals surface area contributed by atoms with Crippen LogP contribution in [0.3, 0.4) is 0 Å². The van der Waals surface area contributed by atoms with E-state index in [0.29, 0.717) is 6.42 Å². The smallest absolute Gasteiger partial charge is 0.0471 e. The first kappa shape index (κ1) is 11.6. The zero-order valence-corrected chi connectivity index (χ0v) is 9.71. The lowest BCUT2D eigenvalue weighted by atomic mass is 10.0. The van der Waals surface area contributed by atoms with E-state index in [1.807, 2.05) is 30.3 Å². The molecule has 2 rings (SSSR count). The Morgan fingerprint density at radius 2 is 1.53 bits per heavy atom. The Balaban J connectivity index is 2.21. The lowest BCUT2D eigenvalue weighted by Crippen LogP contribution is -1.93. The van der Waals surface area contributed by atoms with Crippen LogP contribution >= 0.6 is 0 Å². The van der Waals surface area contributed by atoms with E-state index in [-0.39, 0.29) is 6.61 Å². The van der Waals surface area contributed by atoms with Crippen molar-refractivity contribution in [3.8, 4) is 0 Å². The fourth-order valence-corrected chi connectivity index (χ4v) is 1.80. The monoisotopic (exact) mass is 224 g/mol. The third kappa shape index (κ3) is 3.30. The summed E-state index contributed by atoms with van der Waals surface area (Å²) in [5.41, 5.74) is 3.54. The minimum absolute atomic E-state index is 0.191. The third-order valence-corrected chi connectivity index (χ3v) is 2.69. The molecule has 0 aliphatic heterocycles. The zero-order valence-electron chi connectivity index (χ0n) is 9.71. The van der Waals surface area contributed by atoms with Crippen LogP contribution in [-0.4, -0.2) is 11.7 Å². The standard InChI is InChI=1S/C16H16O/c17-13-12-16-9-5-4-8-15(16)11-10-14-6-2-1-3-7-14/h1-11,17H,12-13H2. The molecule has 0 aromatic heterocycles. The van der Waals surface area contributed by atoms with Crippen LogP contribution in [0.15, 0.2) is 54.6 Å². The maximum atomic E-state index is 9.01. The molecule has 0 bridgehead atoms. The summed E-state index contributed by atoms with van der Waals surface area (Å²) in [7, 11) is 0. The molecular formula is C16H16O. The quantitative estimate of drug-likeness (QED) is 0.789. The largest absolute Gasteiger partial charge is 0.396 e. The molecule has 0 heterocycles. The Kier molecular flexibility index (Phi) is 4.11. The van der Waals surface area contributed by atoms with Crippen LogP contribution in [0.25, 0.3) is 12.2 Å². The maximum absolute atomic E-state index is 9.01. The fraction of sp³-hybridized carbons (Fsp3) is 0.125. The Morgan fingerprint density at radius 1 is 0.824 bits per heavy atom. The molecule has 2 aromatic rings. The van der Waals surface area contributed by atoms with Crippen molar-refractivity contribution in [3.05, 3.63) is 71.3 Å². The summed E-state index contributed by atoms with van der Waals surface area (Å²) in [6.07, 6.45) is 4.89. The number of benzene rings is 2. The van der Waals surface area contributed by atoms with Gasteiger partial charge in [-0.25, -0.2) is 0 Å². The highest BCUT2D eigenvalue weighted by Crippen LogP contribution is 2.13. The second-order valence-electron chi connectivity index (χ2n) is 3.92. The first-order chi connectivity index (χ1) is 8.40. The van der Waals surface area contributed by atoms with Gasteiger partial charge in [0, 0.05) is 6.61 Å². The van der Waals surface area contributed by atoms with Crippen molar-refractivity contribution in [2.45, 2.75) is 6.42 Å². The molecule has 0 amide bonds. The van der Waals surface area contributed by atoms with Gasteiger partial charge in [0.2, 0.25) is 0 Å². The molecule has 0 aliphatic rings. The summed E-state index contributed by atoms with van der Waals surface area (Å²) >= 11 is 0. The van der Waals surface area contributed by atoms with E-state index in [9.17, 15) is 0 Å². The van der Waals surface area contributed by atoms with Gasteiger partial charge < -0.3 is 5.11 Å². The van der Waals surface area contributed by atoms with Gasteiger partial charge in [-0.05, 0) is 23.1 Å². The van der Waals surface area contributed by atoms with Crippen molar-refractivity contribution >= 4 is 12.2 Å². The predicted octanol–water partition coefficient (Wildman–Crippen LogP) is 3.39. The molecule has 0 fully saturated rings. The van der Waals surface area contributed by atoms with E-state index in [1.165, 1.54) is 16.7 Å². The van der Waals surface area contributed by atoms with Gasteiger partial charge in [-0.3, -0.25) is 0 Å². The third-order valence-electron chi connectivity index (χ3n) is 2.69. The Labute approximate surface area is 102 Å². The van der Waals surface area contributed by atoms with Gasteiger partial charge in [0.05, 0.1) is 0 Å². The highest BCUT2D eigenvalue weighted by molar-refractivity contribution is 5.71. The summed E-state index contributed by atoms with van der Waals surface area (Å²) in [6.45, 7) is 0.191. The molecule has 0 atom stereocenters. The van der Waals surface area contributed by atoms with Gasteiger partial charge in [-0.1, -0.05) is 66.7 Å². The molecule has 1 heteroatoms. The van der Waals surface area contributed by atoms with Crippen LogP contribution in [0, 0.1) is 0 Å². The van der Waals surface area contributed by atoms with Crippen molar-refractivity contribution in [3.63, 3.8) is 0 Å². The molecule has 0 saturated carbocycles. The average Bonchev–Trinajstić information content (AvgIpc) is 2.39. The topological polar surface area (TPSA) is 20.2 Å². The Morgan fingerprint density at radius 3 is 2.29 bits per heavy atom. The van der Waals surface area contributed by atoms with E-state index in [2.05, 4.69) is 36.4 Å². The number of rotatable bonds is 4. The zero-order chi connectivity index (χ0) is 11.9. The van der Waals surface area contributed by atoms with Crippen molar-refractivity contribution in [1.82, 2.24) is 0 Å². The van der Waals surface area contributed by atoms with Crippen LogP contribution in [-0.2, 0) is 6.42 Å². The van der Waals surface area contributed by atoms with Crippen LogP contribution < -0.4 is 0 Å². The molecule has 0 unspecified atom stereocenters. The number of aliphatic hydroxyl groups is 1. The van der Waals surface area contributed by atoms with Crippen molar-refractivity contribution < 1.29 is 5.11 Å². The van der Waals surface area contributed by atoms with Crippen molar-refractivity contribution in [2.24, 2.45) is 0 Å². The first-order valence-electron chi connectivity index (χ1n) is 5.82. The van der Waals surface area contributed by atoms with E-state index in [1.54, 1.807) is 0 Å². The van der Waals surface area contributed by atoms with Gasteiger partial charge in [0.25, 0.3) is 0 Å². The van der Waals surface area contributed by atoms with Crippen LogP contribution in [0.2, 0.25) is 0 Å². The molecule has 86 valence electrons. The average molecular weight is 224 g/mol. The van der Waals surface area contributed by atoms with Crippen LogP contribution in [0.4, 0.5) is 0 Å². The number of hydrogen-bond donors (Lipinski definition) is 1. The summed E-state index contributed by atoms with van der Waals surface area (Å²) in [4.78, 5) is 0. The normalized spacial score (nSPS) is 10.9. The lowest BCUT2D eigenvalue weighted by Gasteiger charge is -2.03. The number of hydrogen-bond acceptors (Lipinski definition) is 1. The molecule has 1 N–H and O–H groups in total. The van der Waals surface area contributed by atoms with Crippen LogP contribution in [0.1, 0.15) is 16.7 Å². The Hall–Kier alpha value is -1.86. The first-order valence-corrected chi connectivity index (χ1v) is 5.82. The molecule has 0 radical (unpaired) electrons. The molecular weight excluding hydrogens is 208 g/mol. The highest BCUT2D eigenvalue weighted by atomic mass is 16.2. The van der Waals surface area contributed by atoms with E-state index in [4.69, 9.17) is 5.11 Å². The van der Waals surface area contributed by atoms with E-state index in [0.717, 1.165) is 0 Å². The second kappa shape index (κ2) is 6.02. The minimum Gasteiger partial charge on any atom is -0.396 e. The minimum atomic E-state index is 0.191. The van der Waals surface area contributed by atoms with Gasteiger partial charge >= 0.3 is 0 Å². The summed E-state index contributed by atoms with van der Waals surface area (Å²) in [5, 5.41) is 9.01. The maximum Gasteiger partial charge on any atom is 0.0471 e. The lowest BCUT2D eigenvalue weighted by molar-refractivity contribution is 0.299. The molecule has 1 nitrogen and oxygen atoms in total. The van der Waals surface area contributed by atoms with E-state index < -0.39 is 0 Å². The molecule has 0 aliphatic carbocycles.